The Morgan fingerprint density at radius 3 is 2.84 bits per heavy atom. The number of hydrogen-bond acceptors (Lipinski definition) is 4. The highest BCUT2D eigenvalue weighted by atomic mass is 16.3. The van der Waals surface area contributed by atoms with Crippen LogP contribution in [-0.2, 0) is 0 Å². The zero-order valence-corrected chi connectivity index (χ0v) is 13.6. The average Bonchev–Trinajstić information content (AvgIpc) is 3.32. The van der Waals surface area contributed by atoms with E-state index in [1.165, 1.54) is 0 Å². The van der Waals surface area contributed by atoms with Crippen LogP contribution in [0.1, 0.15) is 34.9 Å². The van der Waals surface area contributed by atoms with Gasteiger partial charge in [0.1, 0.15) is 11.4 Å². The Morgan fingerprint density at radius 1 is 1.24 bits per heavy atom. The van der Waals surface area contributed by atoms with Crippen LogP contribution >= 0.6 is 0 Å². The Bertz CT molecular complexity index is 874. The van der Waals surface area contributed by atoms with Crippen molar-refractivity contribution in [3.05, 3.63) is 66.1 Å². The first-order chi connectivity index (χ1) is 12.2. The van der Waals surface area contributed by atoms with E-state index in [0.29, 0.717) is 11.4 Å². The maximum atomic E-state index is 12.9. The van der Waals surface area contributed by atoms with Gasteiger partial charge in [0, 0.05) is 24.5 Å². The topological polar surface area (TPSA) is 82.1 Å². The second-order valence-corrected chi connectivity index (χ2v) is 6.16. The maximum Gasteiger partial charge on any atom is 0.272 e. The Hall–Kier alpha value is -3.15. The van der Waals surface area contributed by atoms with E-state index in [2.05, 4.69) is 15.2 Å². The summed E-state index contributed by atoms with van der Waals surface area (Å²) in [5.41, 5.74) is 3.06. The van der Waals surface area contributed by atoms with Crippen LogP contribution in [0.5, 0.6) is 5.75 Å². The Labute approximate surface area is 145 Å². The molecule has 0 bridgehead atoms. The van der Waals surface area contributed by atoms with Crippen LogP contribution in [0.25, 0.3) is 11.3 Å². The third-order valence-corrected chi connectivity index (χ3v) is 4.55. The van der Waals surface area contributed by atoms with Gasteiger partial charge in [0.15, 0.2) is 0 Å². The molecule has 126 valence electrons. The number of carbonyl (C=O) groups is 1. The minimum atomic E-state index is -0.0520. The van der Waals surface area contributed by atoms with Gasteiger partial charge in [0.2, 0.25) is 0 Å². The Balaban J connectivity index is 1.58. The number of H-pyrrole nitrogens is 1. The van der Waals surface area contributed by atoms with Crippen molar-refractivity contribution in [1.82, 2.24) is 20.1 Å². The molecule has 0 unspecified atom stereocenters. The lowest BCUT2D eigenvalue weighted by Crippen LogP contribution is -2.30. The Morgan fingerprint density at radius 2 is 2.08 bits per heavy atom. The molecular formula is C19H18N4O2. The summed E-state index contributed by atoms with van der Waals surface area (Å²) >= 11 is 0. The van der Waals surface area contributed by atoms with Gasteiger partial charge in [-0.1, -0.05) is 6.07 Å². The lowest BCUT2D eigenvalue weighted by molar-refractivity contribution is 0.0729. The van der Waals surface area contributed by atoms with Crippen LogP contribution < -0.4 is 0 Å². The first-order valence-electron chi connectivity index (χ1n) is 8.28. The number of pyridine rings is 1. The predicted molar refractivity (Wildman–Crippen MR) is 92.9 cm³/mol. The molecule has 25 heavy (non-hydrogen) atoms. The monoisotopic (exact) mass is 334 g/mol. The number of benzene rings is 1. The number of aromatic nitrogens is 3. The van der Waals surface area contributed by atoms with Crippen molar-refractivity contribution >= 4 is 5.91 Å². The third-order valence-electron chi connectivity index (χ3n) is 4.55. The molecule has 1 fully saturated rings. The summed E-state index contributed by atoms with van der Waals surface area (Å²) in [7, 11) is 0. The SMILES string of the molecule is O=C(c1cc(-c2ccc(O)cc2)n[nH]1)N1CCC[C@H]1c1cccnc1. The fourth-order valence-corrected chi connectivity index (χ4v) is 3.30. The highest BCUT2D eigenvalue weighted by Crippen LogP contribution is 2.32. The fourth-order valence-electron chi connectivity index (χ4n) is 3.30. The summed E-state index contributed by atoms with van der Waals surface area (Å²) in [5, 5.41) is 16.5. The number of rotatable bonds is 3. The molecule has 4 rings (SSSR count). The van der Waals surface area contributed by atoms with Gasteiger partial charge in [0.05, 0.1) is 11.7 Å². The number of nitrogens with one attached hydrogen (secondary N) is 1. The number of phenols is 1. The lowest BCUT2D eigenvalue weighted by atomic mass is 10.1. The maximum absolute atomic E-state index is 12.9. The van der Waals surface area contributed by atoms with Crippen molar-refractivity contribution in [1.29, 1.82) is 0 Å². The van der Waals surface area contributed by atoms with Crippen molar-refractivity contribution in [2.75, 3.05) is 6.54 Å². The van der Waals surface area contributed by atoms with E-state index in [9.17, 15) is 9.90 Å². The summed E-state index contributed by atoms with van der Waals surface area (Å²) in [6.45, 7) is 0.728. The number of likely N-dealkylation sites (tertiary alicyclic amines) is 1. The molecule has 2 N–H and O–H groups in total. The molecule has 0 spiro atoms. The number of hydrogen-bond donors (Lipinski definition) is 2. The van der Waals surface area contributed by atoms with Crippen molar-refractivity contribution in [2.45, 2.75) is 18.9 Å². The second kappa shape index (κ2) is 6.39. The average molecular weight is 334 g/mol. The van der Waals surface area contributed by atoms with E-state index < -0.39 is 0 Å². The van der Waals surface area contributed by atoms with Crippen LogP contribution in [0.4, 0.5) is 0 Å². The molecule has 2 aromatic heterocycles. The normalized spacial score (nSPS) is 17.0. The second-order valence-electron chi connectivity index (χ2n) is 6.16. The number of carbonyl (C=O) groups excluding carboxylic acids is 1. The standard InChI is InChI=1S/C19H18N4O2/c24-15-7-5-13(6-8-15)16-11-17(22-21-16)19(25)23-10-2-4-18(23)14-3-1-9-20-12-14/h1,3,5-9,11-12,18,24H,2,4,10H2,(H,21,22)/t18-/m0/s1. The summed E-state index contributed by atoms with van der Waals surface area (Å²) < 4.78 is 0. The number of nitrogens with zero attached hydrogens (tertiary/aromatic N) is 3. The largest absolute Gasteiger partial charge is 0.508 e. The van der Waals surface area contributed by atoms with Crippen molar-refractivity contribution in [3.63, 3.8) is 0 Å². The molecule has 0 aliphatic carbocycles. The number of aromatic hydroxyl groups is 1. The predicted octanol–water partition coefficient (Wildman–Crippen LogP) is 3.15. The van der Waals surface area contributed by atoms with Gasteiger partial charge < -0.3 is 10.0 Å². The zero-order valence-electron chi connectivity index (χ0n) is 13.6. The van der Waals surface area contributed by atoms with E-state index in [4.69, 9.17) is 0 Å². The van der Waals surface area contributed by atoms with Crippen LogP contribution in [0.2, 0.25) is 0 Å². The van der Waals surface area contributed by atoms with Gasteiger partial charge >= 0.3 is 0 Å². The summed E-state index contributed by atoms with van der Waals surface area (Å²) in [6.07, 6.45) is 5.48. The first-order valence-corrected chi connectivity index (χ1v) is 8.28. The van der Waals surface area contributed by atoms with E-state index in [1.54, 1.807) is 36.5 Å². The number of aromatic amines is 1. The van der Waals surface area contributed by atoms with Gasteiger partial charge in [-0.15, -0.1) is 0 Å². The van der Waals surface area contributed by atoms with Crippen molar-refractivity contribution < 1.29 is 9.90 Å². The van der Waals surface area contributed by atoms with E-state index in [-0.39, 0.29) is 17.7 Å². The summed E-state index contributed by atoms with van der Waals surface area (Å²) in [5.74, 6) is 0.149. The molecule has 0 saturated carbocycles. The summed E-state index contributed by atoms with van der Waals surface area (Å²) in [4.78, 5) is 19.0. The Kier molecular flexibility index (Phi) is 3.93. The zero-order chi connectivity index (χ0) is 17.2. The first kappa shape index (κ1) is 15.4. The van der Waals surface area contributed by atoms with Crippen molar-refractivity contribution in [3.8, 4) is 17.0 Å². The van der Waals surface area contributed by atoms with Crippen LogP contribution in [0, 0.1) is 0 Å². The molecule has 6 heteroatoms. The highest BCUT2D eigenvalue weighted by Gasteiger charge is 2.31. The van der Waals surface area contributed by atoms with Gasteiger partial charge in [-0.25, -0.2) is 0 Å². The van der Waals surface area contributed by atoms with Gasteiger partial charge in [-0.2, -0.15) is 5.10 Å². The molecule has 1 atom stereocenters. The fraction of sp³-hybridized carbons (Fsp3) is 0.211. The molecule has 1 amide bonds. The minimum Gasteiger partial charge on any atom is -0.508 e. The highest BCUT2D eigenvalue weighted by molar-refractivity contribution is 5.93. The molecule has 1 aliphatic heterocycles. The van der Waals surface area contributed by atoms with Gasteiger partial charge in [-0.05, 0) is 54.8 Å². The van der Waals surface area contributed by atoms with Gasteiger partial charge in [-0.3, -0.25) is 14.9 Å². The lowest BCUT2D eigenvalue weighted by Gasteiger charge is -2.24. The van der Waals surface area contributed by atoms with E-state index in [1.807, 2.05) is 23.2 Å². The molecule has 3 aromatic rings. The van der Waals surface area contributed by atoms with Crippen molar-refractivity contribution in [2.24, 2.45) is 0 Å². The molecule has 1 saturated heterocycles. The van der Waals surface area contributed by atoms with Crippen LogP contribution in [-0.4, -0.2) is 37.6 Å². The molecule has 6 nitrogen and oxygen atoms in total. The molecular weight excluding hydrogens is 316 g/mol. The molecule has 3 heterocycles. The van der Waals surface area contributed by atoms with Gasteiger partial charge in [0.25, 0.3) is 5.91 Å². The molecule has 0 radical (unpaired) electrons. The molecule has 1 aromatic carbocycles. The summed E-state index contributed by atoms with van der Waals surface area (Å²) in [6, 6.07) is 12.5. The smallest absolute Gasteiger partial charge is 0.272 e. The quantitative estimate of drug-likeness (QED) is 0.771. The molecule has 1 aliphatic rings. The van der Waals surface area contributed by atoms with Crippen LogP contribution in [0.15, 0.2) is 54.9 Å². The minimum absolute atomic E-state index is 0.0520. The van der Waals surface area contributed by atoms with E-state index >= 15 is 0 Å². The number of amides is 1. The third kappa shape index (κ3) is 2.98. The number of phenolic OH excluding ortho intramolecular Hbond substituents is 1. The van der Waals surface area contributed by atoms with Crippen LogP contribution in [0.3, 0.4) is 0 Å². The van der Waals surface area contributed by atoms with E-state index in [0.717, 1.165) is 30.5 Å².